The van der Waals surface area contributed by atoms with Gasteiger partial charge in [0.05, 0.1) is 0 Å². The fourth-order valence-electron chi connectivity index (χ4n) is 8.81. The van der Waals surface area contributed by atoms with E-state index in [4.69, 9.17) is 0 Å². The van der Waals surface area contributed by atoms with Gasteiger partial charge in [-0.1, -0.05) is 67.7 Å². The van der Waals surface area contributed by atoms with Gasteiger partial charge in [-0.2, -0.15) is 11.8 Å². The molecule has 1 aliphatic heterocycles. The van der Waals surface area contributed by atoms with Crippen molar-refractivity contribution < 1.29 is 0 Å². The van der Waals surface area contributed by atoms with Gasteiger partial charge in [-0.15, -0.1) is 0 Å². The fourth-order valence-corrected chi connectivity index (χ4v) is 10.1. The summed E-state index contributed by atoms with van der Waals surface area (Å²) in [5.41, 5.74) is 0. The lowest BCUT2D eigenvalue weighted by atomic mass is 9.64. The Bertz CT molecular complexity index is 563. The summed E-state index contributed by atoms with van der Waals surface area (Å²) in [5, 5.41) is 0. The van der Waals surface area contributed by atoms with E-state index in [9.17, 15) is 0 Å². The highest BCUT2D eigenvalue weighted by atomic mass is 32.2. The molecule has 2 aliphatic carbocycles. The van der Waals surface area contributed by atoms with Crippen molar-refractivity contribution in [2.45, 2.75) is 145 Å². The van der Waals surface area contributed by atoms with Gasteiger partial charge >= 0.3 is 0 Å². The lowest BCUT2D eigenvalue weighted by Gasteiger charge is -2.42. The fraction of sp³-hybridized carbons (Fsp3) is 1.00. The van der Waals surface area contributed by atoms with Crippen LogP contribution in [-0.2, 0) is 0 Å². The van der Waals surface area contributed by atoms with E-state index in [1.165, 1.54) is 69.3 Å². The number of rotatable bonds is 12. The minimum Gasteiger partial charge on any atom is -0.162 e. The second-order valence-electron chi connectivity index (χ2n) is 14.9. The summed E-state index contributed by atoms with van der Waals surface area (Å²) < 4.78 is 0. The van der Waals surface area contributed by atoms with Crippen molar-refractivity contribution in [3.63, 3.8) is 0 Å². The highest BCUT2D eigenvalue weighted by molar-refractivity contribution is 7.99. The Balaban J connectivity index is 1.42. The Labute approximate surface area is 232 Å². The zero-order chi connectivity index (χ0) is 26.1. The first-order valence-corrected chi connectivity index (χ1v) is 18.0. The molecular weight excluding hydrogens is 452 g/mol. The third-order valence-electron chi connectivity index (χ3n) is 11.7. The molecule has 3 fully saturated rings. The minimum absolute atomic E-state index is 0.868. The van der Waals surface area contributed by atoms with Crippen molar-refractivity contribution >= 4 is 11.8 Å². The molecule has 4 unspecified atom stereocenters. The van der Waals surface area contributed by atoms with E-state index < -0.39 is 0 Å². The van der Waals surface area contributed by atoms with Crippen LogP contribution >= 0.6 is 11.8 Å². The molecule has 3 aliphatic rings. The first-order chi connectivity index (χ1) is 17.3. The van der Waals surface area contributed by atoms with E-state index in [0.717, 1.165) is 65.1 Å². The quantitative estimate of drug-likeness (QED) is 0.247. The molecule has 2 saturated carbocycles. The standard InChI is InChI=1S/C35H66S/c1-8-28(10-9-11-29-22-34(26(4)5)20-21-36-24-29)23-35(27(6)7)33-18-16-32(17-19-33)31-14-12-30(13-15-31)25(2)3/h25-35H,8-24H2,1-7H3. The van der Waals surface area contributed by atoms with Crippen LogP contribution < -0.4 is 0 Å². The van der Waals surface area contributed by atoms with Crippen molar-refractivity contribution in [3.05, 3.63) is 0 Å². The van der Waals surface area contributed by atoms with E-state index in [2.05, 4.69) is 60.2 Å². The highest BCUT2D eigenvalue weighted by Crippen LogP contribution is 2.46. The van der Waals surface area contributed by atoms with Crippen LogP contribution in [0.1, 0.15) is 145 Å². The first kappa shape index (κ1) is 30.9. The SMILES string of the molecule is CCC(CCCC1CSCCC(C(C)C)C1)CC(C(C)C)C1CCC(C2CCC(C(C)C)CC2)CC1. The number of hydrogen-bond acceptors (Lipinski definition) is 1. The monoisotopic (exact) mass is 518 g/mol. The number of hydrogen-bond donors (Lipinski definition) is 0. The first-order valence-electron chi connectivity index (χ1n) is 16.9. The van der Waals surface area contributed by atoms with E-state index >= 15 is 0 Å². The van der Waals surface area contributed by atoms with Crippen molar-refractivity contribution in [2.24, 2.45) is 65.1 Å². The van der Waals surface area contributed by atoms with Crippen molar-refractivity contribution in [1.29, 1.82) is 0 Å². The van der Waals surface area contributed by atoms with Crippen LogP contribution in [0, 0.1) is 65.1 Å². The summed E-state index contributed by atoms with van der Waals surface area (Å²) in [6.07, 6.45) is 22.7. The molecule has 0 aromatic rings. The third-order valence-corrected chi connectivity index (χ3v) is 12.9. The van der Waals surface area contributed by atoms with Crippen LogP contribution in [0.3, 0.4) is 0 Å². The maximum absolute atomic E-state index is 2.55. The molecule has 0 bridgehead atoms. The molecule has 0 radical (unpaired) electrons. The summed E-state index contributed by atoms with van der Waals surface area (Å²) in [5.74, 6) is 13.6. The van der Waals surface area contributed by atoms with Gasteiger partial charge in [0.2, 0.25) is 0 Å². The summed E-state index contributed by atoms with van der Waals surface area (Å²) in [4.78, 5) is 0. The average Bonchev–Trinajstić information content (AvgIpc) is 3.12. The average molecular weight is 519 g/mol. The molecule has 3 rings (SSSR count). The maximum Gasteiger partial charge on any atom is -0.00390 e. The summed E-state index contributed by atoms with van der Waals surface area (Å²) in [7, 11) is 0. The van der Waals surface area contributed by atoms with Gasteiger partial charge < -0.3 is 0 Å². The van der Waals surface area contributed by atoms with Crippen molar-refractivity contribution in [3.8, 4) is 0 Å². The second kappa shape index (κ2) is 15.8. The van der Waals surface area contributed by atoms with E-state index in [0.29, 0.717) is 0 Å². The van der Waals surface area contributed by atoms with Gasteiger partial charge in [-0.25, -0.2) is 0 Å². The van der Waals surface area contributed by atoms with Crippen LogP contribution in [0.25, 0.3) is 0 Å². The van der Waals surface area contributed by atoms with Crippen LogP contribution in [0.15, 0.2) is 0 Å². The summed E-state index contributed by atoms with van der Waals surface area (Å²) in [6, 6.07) is 0. The molecule has 1 heterocycles. The van der Waals surface area contributed by atoms with Gasteiger partial charge in [0.1, 0.15) is 0 Å². The van der Waals surface area contributed by atoms with Gasteiger partial charge in [-0.3, -0.25) is 0 Å². The lowest BCUT2D eigenvalue weighted by molar-refractivity contribution is 0.0923. The molecule has 0 nitrogen and oxygen atoms in total. The Kier molecular flexibility index (Phi) is 13.6. The van der Waals surface area contributed by atoms with Crippen LogP contribution in [0.5, 0.6) is 0 Å². The van der Waals surface area contributed by atoms with Crippen molar-refractivity contribution in [1.82, 2.24) is 0 Å². The zero-order valence-electron chi connectivity index (χ0n) is 25.8. The molecule has 212 valence electrons. The number of thioether (sulfide) groups is 1. The summed E-state index contributed by atoms with van der Waals surface area (Å²) >= 11 is 2.25. The van der Waals surface area contributed by atoms with Crippen LogP contribution in [0.4, 0.5) is 0 Å². The van der Waals surface area contributed by atoms with Crippen molar-refractivity contribution in [2.75, 3.05) is 11.5 Å². The second-order valence-corrected chi connectivity index (χ2v) is 16.1. The molecule has 0 aromatic heterocycles. The van der Waals surface area contributed by atoms with Gasteiger partial charge in [0.15, 0.2) is 0 Å². The van der Waals surface area contributed by atoms with E-state index in [-0.39, 0.29) is 0 Å². The Morgan fingerprint density at radius 2 is 1.28 bits per heavy atom. The molecule has 1 saturated heterocycles. The third kappa shape index (κ3) is 9.52. The molecule has 1 heteroatoms. The van der Waals surface area contributed by atoms with Crippen LogP contribution in [0.2, 0.25) is 0 Å². The Hall–Kier alpha value is 0.350. The van der Waals surface area contributed by atoms with Gasteiger partial charge in [0, 0.05) is 0 Å². The van der Waals surface area contributed by atoms with Gasteiger partial charge in [-0.05, 0) is 154 Å². The normalized spacial score (nSPS) is 34.2. The van der Waals surface area contributed by atoms with E-state index in [1.54, 1.807) is 38.5 Å². The largest absolute Gasteiger partial charge is 0.162 e. The topological polar surface area (TPSA) is 0 Å². The molecule has 0 amide bonds. The zero-order valence-corrected chi connectivity index (χ0v) is 26.6. The predicted molar refractivity (Wildman–Crippen MR) is 165 cm³/mol. The van der Waals surface area contributed by atoms with Crippen LogP contribution in [-0.4, -0.2) is 11.5 Å². The molecule has 36 heavy (non-hydrogen) atoms. The van der Waals surface area contributed by atoms with Gasteiger partial charge in [0.25, 0.3) is 0 Å². The Morgan fingerprint density at radius 3 is 1.81 bits per heavy atom. The predicted octanol–water partition coefficient (Wildman–Crippen LogP) is 11.5. The summed E-state index contributed by atoms with van der Waals surface area (Å²) in [6.45, 7) is 17.4. The minimum atomic E-state index is 0.868. The molecule has 0 aromatic carbocycles. The smallest absolute Gasteiger partial charge is 0.00390 e. The molecular formula is C35H66S. The van der Waals surface area contributed by atoms with E-state index in [1.807, 2.05) is 0 Å². The lowest BCUT2D eigenvalue weighted by Crippen LogP contribution is -2.31. The highest BCUT2D eigenvalue weighted by Gasteiger charge is 2.35. The maximum atomic E-state index is 2.55. The molecule has 4 atom stereocenters. The molecule has 0 spiro atoms. The Morgan fingerprint density at radius 1 is 0.694 bits per heavy atom. The molecule has 0 N–H and O–H groups in total.